The number of fused-ring (bicyclic) bond motifs is 1. The Balaban J connectivity index is 1.73. The second kappa shape index (κ2) is 9.48. The van der Waals surface area contributed by atoms with Crippen molar-refractivity contribution in [3.05, 3.63) is 76.5 Å². The van der Waals surface area contributed by atoms with Gasteiger partial charge in [-0.1, -0.05) is 66.7 Å². The van der Waals surface area contributed by atoms with Crippen molar-refractivity contribution in [3.63, 3.8) is 0 Å². The highest BCUT2D eigenvalue weighted by Crippen LogP contribution is 2.39. The number of rotatable bonds is 8. The molecule has 1 amide bonds. The number of carbonyl (C=O) groups excluding carboxylic acids is 1. The first-order valence-corrected chi connectivity index (χ1v) is 11.6. The zero-order valence-electron chi connectivity index (χ0n) is 18.5. The number of ether oxygens (including phenoxy) is 1. The van der Waals surface area contributed by atoms with Gasteiger partial charge in [-0.15, -0.1) is 5.10 Å². The number of amides is 1. The van der Waals surface area contributed by atoms with E-state index in [2.05, 4.69) is 36.3 Å². The first kappa shape index (κ1) is 22.0. The number of nitrogens with zero attached hydrogens (tertiary/aromatic N) is 3. The van der Waals surface area contributed by atoms with Crippen molar-refractivity contribution in [1.82, 2.24) is 14.8 Å². The standard InChI is InChI=1S/C24H27N5O2S/c1-4-13-32-24-27-23-26-16(3)20(22(25)30)21(29(23)28-24)18-7-5-6-8-19(18)31-14-17-11-9-15(2)10-12-17/h5-12,21H,4,13-14H2,1-3H3,(H2,25,30)(H,26,27,28). The molecule has 0 saturated heterocycles. The van der Waals surface area contributed by atoms with Gasteiger partial charge in [-0.2, -0.15) is 4.98 Å². The molecule has 0 spiro atoms. The van der Waals surface area contributed by atoms with Gasteiger partial charge in [0.2, 0.25) is 17.0 Å². The number of nitrogens with one attached hydrogen (secondary N) is 1. The molecule has 2 aromatic carbocycles. The Morgan fingerprint density at radius 2 is 1.94 bits per heavy atom. The Bertz CT molecular complexity index is 1150. The van der Waals surface area contributed by atoms with Gasteiger partial charge in [0, 0.05) is 17.0 Å². The second-order valence-electron chi connectivity index (χ2n) is 7.75. The smallest absolute Gasteiger partial charge is 0.248 e. The van der Waals surface area contributed by atoms with E-state index in [0.717, 1.165) is 23.3 Å². The average molecular weight is 450 g/mol. The largest absolute Gasteiger partial charge is 0.489 e. The van der Waals surface area contributed by atoms with Crippen LogP contribution >= 0.6 is 11.8 Å². The van der Waals surface area contributed by atoms with Crippen LogP contribution in [0.1, 0.15) is 43.0 Å². The molecule has 1 aromatic heterocycles. The van der Waals surface area contributed by atoms with Gasteiger partial charge in [-0.25, -0.2) is 4.68 Å². The van der Waals surface area contributed by atoms with E-state index in [9.17, 15) is 4.79 Å². The molecule has 0 aliphatic carbocycles. The molecule has 1 aliphatic heterocycles. The number of nitrogens with two attached hydrogens (primary N) is 1. The third-order valence-electron chi connectivity index (χ3n) is 5.26. The highest BCUT2D eigenvalue weighted by Gasteiger charge is 2.35. The van der Waals surface area contributed by atoms with Crippen LogP contribution in [-0.4, -0.2) is 26.4 Å². The number of allylic oxidation sites excluding steroid dienone is 1. The molecule has 2 heterocycles. The van der Waals surface area contributed by atoms with Crippen molar-refractivity contribution in [1.29, 1.82) is 0 Å². The minimum atomic E-state index is -0.526. The van der Waals surface area contributed by atoms with Gasteiger partial charge in [0.05, 0.1) is 5.57 Å². The maximum Gasteiger partial charge on any atom is 0.248 e. The summed E-state index contributed by atoms with van der Waals surface area (Å²) in [5, 5.41) is 8.54. The lowest BCUT2D eigenvalue weighted by Crippen LogP contribution is -2.32. The lowest BCUT2D eigenvalue weighted by Gasteiger charge is -2.28. The molecule has 3 aromatic rings. The molecule has 1 atom stereocenters. The highest BCUT2D eigenvalue weighted by molar-refractivity contribution is 7.99. The SMILES string of the molecule is CCCSc1nc2n(n1)C(c1ccccc1OCc1ccc(C)cc1)C(C(N)=O)=C(C)N2. The van der Waals surface area contributed by atoms with Crippen LogP contribution in [0.3, 0.4) is 0 Å². The van der Waals surface area contributed by atoms with E-state index >= 15 is 0 Å². The van der Waals surface area contributed by atoms with Crippen LogP contribution in [0.25, 0.3) is 0 Å². The van der Waals surface area contributed by atoms with E-state index in [1.165, 1.54) is 5.56 Å². The van der Waals surface area contributed by atoms with Crippen molar-refractivity contribution in [2.45, 2.75) is 45.0 Å². The molecule has 3 N–H and O–H groups in total. The molecule has 1 unspecified atom stereocenters. The summed E-state index contributed by atoms with van der Waals surface area (Å²) in [6.45, 7) is 6.42. The summed E-state index contributed by atoms with van der Waals surface area (Å²) in [6, 6.07) is 15.4. The Kier molecular flexibility index (Phi) is 6.50. The average Bonchev–Trinajstić information content (AvgIpc) is 3.18. The van der Waals surface area contributed by atoms with Gasteiger partial charge in [0.15, 0.2) is 0 Å². The third-order valence-corrected chi connectivity index (χ3v) is 6.31. The second-order valence-corrected chi connectivity index (χ2v) is 8.82. The van der Waals surface area contributed by atoms with Gasteiger partial charge in [-0.05, 0) is 31.9 Å². The molecule has 4 rings (SSSR count). The van der Waals surface area contributed by atoms with E-state index in [0.29, 0.717) is 34.7 Å². The van der Waals surface area contributed by atoms with Crippen LogP contribution in [0.15, 0.2) is 65.0 Å². The molecular weight excluding hydrogens is 422 g/mol. The topological polar surface area (TPSA) is 95.1 Å². The van der Waals surface area contributed by atoms with E-state index < -0.39 is 11.9 Å². The number of hydrogen-bond donors (Lipinski definition) is 2. The first-order valence-electron chi connectivity index (χ1n) is 10.6. The quantitative estimate of drug-likeness (QED) is 0.494. The lowest BCUT2D eigenvalue weighted by molar-refractivity contribution is -0.115. The molecule has 32 heavy (non-hydrogen) atoms. The zero-order valence-corrected chi connectivity index (χ0v) is 19.3. The van der Waals surface area contributed by atoms with Gasteiger partial charge < -0.3 is 15.8 Å². The summed E-state index contributed by atoms with van der Waals surface area (Å²) in [4.78, 5) is 17.1. The van der Waals surface area contributed by atoms with Crippen molar-refractivity contribution in [3.8, 4) is 5.75 Å². The third kappa shape index (κ3) is 4.50. The number of aryl methyl sites for hydroxylation is 1. The summed E-state index contributed by atoms with van der Waals surface area (Å²) >= 11 is 1.59. The molecule has 0 radical (unpaired) electrons. The minimum Gasteiger partial charge on any atom is -0.489 e. The number of carbonyl (C=O) groups is 1. The highest BCUT2D eigenvalue weighted by atomic mass is 32.2. The van der Waals surface area contributed by atoms with Crippen molar-refractivity contribution in [2.24, 2.45) is 5.73 Å². The maximum absolute atomic E-state index is 12.5. The molecule has 7 nitrogen and oxygen atoms in total. The number of hydrogen-bond acceptors (Lipinski definition) is 6. The molecule has 8 heteroatoms. The monoisotopic (exact) mass is 449 g/mol. The summed E-state index contributed by atoms with van der Waals surface area (Å²) in [6.07, 6.45) is 1.02. The summed E-state index contributed by atoms with van der Waals surface area (Å²) in [5.41, 5.74) is 10.0. The Morgan fingerprint density at radius 1 is 1.19 bits per heavy atom. The van der Waals surface area contributed by atoms with Crippen LogP contribution in [0.2, 0.25) is 0 Å². The number of anilines is 1. The minimum absolute atomic E-state index is 0.415. The molecule has 1 aliphatic rings. The molecule has 166 valence electrons. The first-order chi connectivity index (χ1) is 15.5. The fourth-order valence-electron chi connectivity index (χ4n) is 3.68. The zero-order chi connectivity index (χ0) is 22.7. The van der Waals surface area contributed by atoms with E-state index in [4.69, 9.17) is 15.6 Å². The number of primary amides is 1. The van der Waals surface area contributed by atoms with Crippen LogP contribution < -0.4 is 15.8 Å². The van der Waals surface area contributed by atoms with Gasteiger partial charge in [-0.3, -0.25) is 4.79 Å². The predicted octanol–water partition coefficient (Wildman–Crippen LogP) is 4.44. The maximum atomic E-state index is 12.5. The van der Waals surface area contributed by atoms with E-state index in [-0.39, 0.29) is 0 Å². The normalized spacial score (nSPS) is 15.3. The van der Waals surface area contributed by atoms with E-state index in [1.54, 1.807) is 16.4 Å². The lowest BCUT2D eigenvalue weighted by atomic mass is 9.94. The van der Waals surface area contributed by atoms with Gasteiger partial charge >= 0.3 is 0 Å². The fourth-order valence-corrected chi connectivity index (χ4v) is 4.36. The number of para-hydroxylation sites is 1. The molecular formula is C24H27N5O2S. The summed E-state index contributed by atoms with van der Waals surface area (Å²) < 4.78 is 7.94. The van der Waals surface area contributed by atoms with Crippen molar-refractivity contribution < 1.29 is 9.53 Å². The van der Waals surface area contributed by atoms with E-state index in [1.807, 2.05) is 43.3 Å². The van der Waals surface area contributed by atoms with Gasteiger partial charge in [0.25, 0.3) is 0 Å². The van der Waals surface area contributed by atoms with Crippen LogP contribution in [-0.2, 0) is 11.4 Å². The van der Waals surface area contributed by atoms with Crippen LogP contribution in [0, 0.1) is 6.92 Å². The molecule has 0 fully saturated rings. The van der Waals surface area contributed by atoms with Crippen LogP contribution in [0.4, 0.5) is 5.95 Å². The Labute approximate surface area is 192 Å². The summed E-state index contributed by atoms with van der Waals surface area (Å²) in [7, 11) is 0. The summed E-state index contributed by atoms with van der Waals surface area (Å²) in [5.74, 6) is 1.68. The Hall–Kier alpha value is -3.26. The number of aromatic nitrogens is 3. The number of benzene rings is 2. The van der Waals surface area contributed by atoms with Crippen molar-refractivity contribution >= 4 is 23.6 Å². The molecule has 0 bridgehead atoms. The van der Waals surface area contributed by atoms with Gasteiger partial charge in [0.1, 0.15) is 18.4 Å². The molecule has 0 saturated carbocycles. The Morgan fingerprint density at radius 3 is 2.66 bits per heavy atom. The number of thioether (sulfide) groups is 1. The fraction of sp³-hybridized carbons (Fsp3) is 0.292. The van der Waals surface area contributed by atoms with Crippen LogP contribution in [0.5, 0.6) is 5.75 Å². The predicted molar refractivity (Wildman–Crippen MR) is 127 cm³/mol. The van der Waals surface area contributed by atoms with Crippen molar-refractivity contribution in [2.75, 3.05) is 11.1 Å².